The first-order chi connectivity index (χ1) is 12.8. The molecule has 0 aliphatic carbocycles. The summed E-state index contributed by atoms with van der Waals surface area (Å²) in [7, 11) is 0. The van der Waals surface area contributed by atoms with E-state index < -0.39 is 0 Å². The zero-order chi connectivity index (χ0) is 17.9. The lowest BCUT2D eigenvalue weighted by molar-refractivity contribution is 0.0840. The van der Waals surface area contributed by atoms with E-state index in [1.807, 2.05) is 0 Å². The van der Waals surface area contributed by atoms with Crippen LogP contribution < -0.4 is 0 Å². The quantitative estimate of drug-likeness (QED) is 0.710. The minimum Gasteiger partial charge on any atom is -0.292 e. The van der Waals surface area contributed by atoms with Gasteiger partial charge in [0.2, 0.25) is 0 Å². The monoisotopic (exact) mass is 348 g/mol. The Morgan fingerprint density at radius 2 is 1.04 bits per heavy atom. The highest BCUT2D eigenvalue weighted by atomic mass is 15.3. The number of rotatable bonds is 5. The van der Waals surface area contributed by atoms with Crippen molar-refractivity contribution in [3.05, 3.63) is 71.8 Å². The first-order valence-corrected chi connectivity index (χ1v) is 10.4. The van der Waals surface area contributed by atoms with Crippen molar-refractivity contribution in [3.63, 3.8) is 0 Å². The summed E-state index contributed by atoms with van der Waals surface area (Å²) < 4.78 is 0. The molecule has 0 radical (unpaired) electrons. The summed E-state index contributed by atoms with van der Waals surface area (Å²) in [5, 5.41) is 0. The third kappa shape index (κ3) is 3.45. The van der Waals surface area contributed by atoms with E-state index in [4.69, 9.17) is 0 Å². The largest absolute Gasteiger partial charge is 0.292 e. The van der Waals surface area contributed by atoms with Gasteiger partial charge in [0.15, 0.2) is 0 Å². The van der Waals surface area contributed by atoms with Crippen LogP contribution in [0, 0.1) is 0 Å². The third-order valence-electron chi connectivity index (χ3n) is 6.69. The Hall–Kier alpha value is -1.64. The lowest BCUT2D eigenvalue weighted by Gasteiger charge is -2.40. The average molecular weight is 349 g/mol. The van der Waals surface area contributed by atoms with Gasteiger partial charge in [-0.25, -0.2) is 0 Å². The average Bonchev–Trinajstić information content (AvgIpc) is 3.37. The summed E-state index contributed by atoms with van der Waals surface area (Å²) in [6, 6.07) is 24.5. The van der Waals surface area contributed by atoms with Crippen molar-refractivity contribution < 1.29 is 0 Å². The molecule has 0 aromatic heterocycles. The van der Waals surface area contributed by atoms with Gasteiger partial charge in [-0.15, -0.1) is 0 Å². The maximum Gasteiger partial charge on any atom is 0.0323 e. The van der Waals surface area contributed by atoms with Gasteiger partial charge in [-0.2, -0.15) is 0 Å². The highest BCUT2D eigenvalue weighted by Gasteiger charge is 2.41. The number of nitrogens with zero attached hydrogens (tertiary/aromatic N) is 2. The van der Waals surface area contributed by atoms with E-state index in [0.717, 1.165) is 0 Å². The first kappa shape index (κ1) is 17.8. The molecular formula is C24H32N2. The van der Waals surface area contributed by atoms with E-state index in [-0.39, 0.29) is 0 Å². The molecule has 0 N–H and O–H groups in total. The number of hydrogen-bond acceptors (Lipinski definition) is 2. The zero-order valence-electron chi connectivity index (χ0n) is 16.2. The van der Waals surface area contributed by atoms with Crippen molar-refractivity contribution in [1.29, 1.82) is 0 Å². The van der Waals surface area contributed by atoms with Crippen LogP contribution in [0.5, 0.6) is 0 Å². The first-order valence-electron chi connectivity index (χ1n) is 10.4. The van der Waals surface area contributed by atoms with Crippen LogP contribution in [0.4, 0.5) is 0 Å². The molecule has 0 amide bonds. The predicted molar refractivity (Wildman–Crippen MR) is 109 cm³/mol. The molecule has 2 aliphatic rings. The molecule has 2 aromatic carbocycles. The van der Waals surface area contributed by atoms with Gasteiger partial charge in [-0.05, 0) is 63.7 Å². The lowest BCUT2D eigenvalue weighted by atomic mass is 9.98. The van der Waals surface area contributed by atoms with Crippen molar-refractivity contribution in [2.45, 2.75) is 63.7 Å². The number of hydrogen-bond donors (Lipinski definition) is 0. The molecule has 4 atom stereocenters. The summed E-state index contributed by atoms with van der Waals surface area (Å²) in [5.74, 6) is 0. The second-order valence-corrected chi connectivity index (χ2v) is 8.07. The molecule has 2 aliphatic heterocycles. The standard InChI is InChI=1S/C24H32N2/c1-19(21-11-5-3-6-12-21)25-17-9-15-23(25)24-16-10-18-26(24)20(2)22-13-7-4-8-14-22/h3-8,11-14,19-20,23-24H,9-10,15-18H2,1-2H3/t19-,20-,23-,24-/m1/s1. The molecule has 0 unspecified atom stereocenters. The summed E-state index contributed by atoms with van der Waals surface area (Å²) >= 11 is 0. The minimum absolute atomic E-state index is 0.512. The molecule has 0 spiro atoms. The molecular weight excluding hydrogens is 316 g/mol. The summed E-state index contributed by atoms with van der Waals surface area (Å²) in [5.41, 5.74) is 2.92. The fraction of sp³-hybridized carbons (Fsp3) is 0.500. The van der Waals surface area contributed by atoms with Gasteiger partial charge in [0.1, 0.15) is 0 Å². The van der Waals surface area contributed by atoms with E-state index in [1.165, 1.54) is 49.9 Å². The van der Waals surface area contributed by atoms with Crippen molar-refractivity contribution >= 4 is 0 Å². The number of benzene rings is 2. The van der Waals surface area contributed by atoms with Crippen LogP contribution in [0.15, 0.2) is 60.7 Å². The third-order valence-corrected chi connectivity index (χ3v) is 6.69. The predicted octanol–water partition coefficient (Wildman–Crippen LogP) is 5.44. The highest BCUT2D eigenvalue weighted by Crippen LogP contribution is 2.38. The minimum atomic E-state index is 0.512. The topological polar surface area (TPSA) is 6.48 Å². The van der Waals surface area contributed by atoms with E-state index in [0.29, 0.717) is 24.2 Å². The second kappa shape index (κ2) is 7.94. The van der Waals surface area contributed by atoms with Gasteiger partial charge in [0, 0.05) is 24.2 Å². The lowest BCUT2D eigenvalue weighted by Crippen LogP contribution is -2.47. The molecule has 2 saturated heterocycles. The fourth-order valence-corrected chi connectivity index (χ4v) is 5.26. The van der Waals surface area contributed by atoms with E-state index in [2.05, 4.69) is 84.3 Å². The molecule has 138 valence electrons. The molecule has 2 fully saturated rings. The van der Waals surface area contributed by atoms with Crippen LogP contribution in [-0.2, 0) is 0 Å². The van der Waals surface area contributed by atoms with Gasteiger partial charge in [-0.3, -0.25) is 9.80 Å². The Morgan fingerprint density at radius 1 is 0.654 bits per heavy atom. The van der Waals surface area contributed by atoms with E-state index in [9.17, 15) is 0 Å². The maximum absolute atomic E-state index is 2.79. The van der Waals surface area contributed by atoms with Crippen LogP contribution in [0.3, 0.4) is 0 Å². The number of likely N-dealkylation sites (tertiary alicyclic amines) is 2. The van der Waals surface area contributed by atoms with Gasteiger partial charge in [0.05, 0.1) is 0 Å². The van der Waals surface area contributed by atoms with Gasteiger partial charge in [-0.1, -0.05) is 60.7 Å². The van der Waals surface area contributed by atoms with E-state index >= 15 is 0 Å². The van der Waals surface area contributed by atoms with Crippen LogP contribution in [0.1, 0.15) is 62.7 Å². The maximum atomic E-state index is 2.79. The Kier molecular flexibility index (Phi) is 5.42. The Bertz CT molecular complexity index is 622. The summed E-state index contributed by atoms with van der Waals surface area (Å²) in [6.07, 6.45) is 5.37. The van der Waals surface area contributed by atoms with Crippen LogP contribution in [0.2, 0.25) is 0 Å². The fourth-order valence-electron chi connectivity index (χ4n) is 5.26. The smallest absolute Gasteiger partial charge is 0.0323 e. The molecule has 0 saturated carbocycles. The van der Waals surface area contributed by atoms with Gasteiger partial charge >= 0.3 is 0 Å². The summed E-state index contributed by atoms with van der Waals surface area (Å²) in [4.78, 5) is 5.58. The van der Waals surface area contributed by atoms with Crippen LogP contribution >= 0.6 is 0 Å². The van der Waals surface area contributed by atoms with Crippen molar-refractivity contribution in [3.8, 4) is 0 Å². The Morgan fingerprint density at radius 3 is 1.42 bits per heavy atom. The Balaban J connectivity index is 1.53. The Labute approximate surface area is 158 Å². The molecule has 2 aromatic rings. The van der Waals surface area contributed by atoms with Crippen LogP contribution in [0.25, 0.3) is 0 Å². The van der Waals surface area contributed by atoms with Crippen molar-refractivity contribution in [1.82, 2.24) is 9.80 Å². The van der Waals surface area contributed by atoms with Crippen molar-refractivity contribution in [2.24, 2.45) is 0 Å². The van der Waals surface area contributed by atoms with Gasteiger partial charge in [0.25, 0.3) is 0 Å². The van der Waals surface area contributed by atoms with Gasteiger partial charge < -0.3 is 0 Å². The zero-order valence-corrected chi connectivity index (χ0v) is 16.2. The second-order valence-electron chi connectivity index (χ2n) is 8.07. The summed E-state index contributed by atoms with van der Waals surface area (Å²) in [6.45, 7) is 7.27. The molecule has 2 nitrogen and oxygen atoms in total. The highest BCUT2D eigenvalue weighted by molar-refractivity contribution is 5.21. The SMILES string of the molecule is C[C@H](c1ccccc1)N1CCC[C@@H]1[C@H]1CCCN1[C@H](C)c1ccccc1. The molecule has 2 heteroatoms. The molecule has 4 rings (SSSR count). The molecule has 0 bridgehead atoms. The van der Waals surface area contributed by atoms with E-state index in [1.54, 1.807) is 0 Å². The molecule has 2 heterocycles. The van der Waals surface area contributed by atoms with Crippen LogP contribution in [-0.4, -0.2) is 35.0 Å². The normalized spacial score (nSPS) is 26.8. The molecule has 26 heavy (non-hydrogen) atoms. The van der Waals surface area contributed by atoms with Crippen molar-refractivity contribution in [2.75, 3.05) is 13.1 Å².